The average molecular weight is 195 g/mol. The lowest BCUT2D eigenvalue weighted by Crippen LogP contribution is -2.14. The van der Waals surface area contributed by atoms with Gasteiger partial charge in [0.1, 0.15) is 11.3 Å². The third kappa shape index (κ3) is 2.02. The highest BCUT2D eigenvalue weighted by Crippen LogP contribution is 2.24. The highest BCUT2D eigenvalue weighted by atomic mass is 16.4. The second-order valence-electron chi connectivity index (χ2n) is 4.14. The molecule has 0 fully saturated rings. The Morgan fingerprint density at radius 1 is 1.43 bits per heavy atom. The van der Waals surface area contributed by atoms with Crippen molar-refractivity contribution in [2.45, 2.75) is 26.2 Å². The molecule has 2 N–H and O–H groups in total. The molecule has 0 bridgehead atoms. The fraction of sp³-hybridized carbons (Fsp3) is 0.400. The van der Waals surface area contributed by atoms with Crippen LogP contribution in [0, 0.1) is 0 Å². The molecule has 1 aromatic heterocycles. The molecule has 0 saturated heterocycles. The first-order valence-electron chi connectivity index (χ1n) is 4.25. The molecule has 4 nitrogen and oxygen atoms in total. The van der Waals surface area contributed by atoms with E-state index in [2.05, 4.69) is 4.98 Å². The van der Waals surface area contributed by atoms with E-state index in [1.807, 2.05) is 20.8 Å². The van der Waals surface area contributed by atoms with Gasteiger partial charge >= 0.3 is 5.97 Å². The number of aromatic hydroxyl groups is 1. The van der Waals surface area contributed by atoms with Gasteiger partial charge in [-0.2, -0.15) is 0 Å². The van der Waals surface area contributed by atoms with Gasteiger partial charge in [-0.1, -0.05) is 20.8 Å². The quantitative estimate of drug-likeness (QED) is 0.716. The highest BCUT2D eigenvalue weighted by molar-refractivity contribution is 5.90. The second kappa shape index (κ2) is 3.29. The minimum Gasteiger partial charge on any atom is -0.505 e. The zero-order chi connectivity index (χ0) is 10.9. The number of pyridine rings is 1. The van der Waals surface area contributed by atoms with Crippen LogP contribution in [-0.2, 0) is 5.41 Å². The summed E-state index contributed by atoms with van der Waals surface area (Å²) in [5.41, 5.74) is 0.315. The van der Waals surface area contributed by atoms with Gasteiger partial charge in [0.05, 0.1) is 6.20 Å². The molecule has 0 spiro atoms. The number of aromatic nitrogens is 1. The smallest absolute Gasteiger partial charge is 0.339 e. The van der Waals surface area contributed by atoms with Crippen LogP contribution >= 0.6 is 0 Å². The maximum absolute atomic E-state index is 10.7. The number of carboxylic acids is 1. The number of rotatable bonds is 1. The molecule has 4 heteroatoms. The van der Waals surface area contributed by atoms with E-state index in [0.29, 0.717) is 5.69 Å². The van der Waals surface area contributed by atoms with Crippen molar-refractivity contribution in [3.05, 3.63) is 23.5 Å². The molecule has 0 saturated carbocycles. The third-order valence-electron chi connectivity index (χ3n) is 1.88. The summed E-state index contributed by atoms with van der Waals surface area (Å²) in [6, 6.07) is 1.40. The second-order valence-corrected chi connectivity index (χ2v) is 4.14. The monoisotopic (exact) mass is 195 g/mol. The van der Waals surface area contributed by atoms with Crippen molar-refractivity contribution in [3.8, 4) is 5.75 Å². The molecular weight excluding hydrogens is 182 g/mol. The molecule has 0 unspecified atom stereocenters. The number of carbonyl (C=O) groups is 1. The van der Waals surface area contributed by atoms with Crippen molar-refractivity contribution < 1.29 is 15.0 Å². The molecule has 1 aromatic rings. The molecule has 0 radical (unpaired) electrons. The van der Waals surface area contributed by atoms with E-state index in [4.69, 9.17) is 5.11 Å². The number of hydrogen-bond acceptors (Lipinski definition) is 3. The third-order valence-corrected chi connectivity index (χ3v) is 1.88. The normalized spacial score (nSPS) is 11.4. The molecule has 1 rings (SSSR count). The van der Waals surface area contributed by atoms with E-state index in [9.17, 15) is 9.90 Å². The van der Waals surface area contributed by atoms with Crippen LogP contribution in [0.15, 0.2) is 12.3 Å². The predicted molar refractivity (Wildman–Crippen MR) is 51.6 cm³/mol. The summed E-state index contributed by atoms with van der Waals surface area (Å²) in [7, 11) is 0. The lowest BCUT2D eigenvalue weighted by atomic mass is 9.91. The highest BCUT2D eigenvalue weighted by Gasteiger charge is 2.19. The Morgan fingerprint density at radius 2 is 2.00 bits per heavy atom. The standard InChI is InChI=1S/C10H13NO3/c1-10(2,3)8-4-6(9(13)14)7(12)5-11-8/h4-5,12H,1-3H3,(H,13,14). The first kappa shape index (κ1) is 10.5. The molecular formula is C10H13NO3. The minimum atomic E-state index is -1.14. The van der Waals surface area contributed by atoms with E-state index < -0.39 is 5.97 Å². The van der Waals surface area contributed by atoms with Crippen LogP contribution < -0.4 is 0 Å². The van der Waals surface area contributed by atoms with Crippen molar-refractivity contribution in [1.29, 1.82) is 0 Å². The van der Waals surface area contributed by atoms with E-state index in [0.717, 1.165) is 0 Å². The molecule has 14 heavy (non-hydrogen) atoms. The number of hydrogen-bond donors (Lipinski definition) is 2. The Hall–Kier alpha value is -1.58. The predicted octanol–water partition coefficient (Wildman–Crippen LogP) is 1.78. The van der Waals surface area contributed by atoms with Gasteiger partial charge in [0.25, 0.3) is 0 Å². The minimum absolute atomic E-state index is 0.107. The molecule has 0 aliphatic heterocycles. The van der Waals surface area contributed by atoms with Crippen LogP contribution in [0.3, 0.4) is 0 Å². The molecule has 76 valence electrons. The molecule has 0 aliphatic rings. The van der Waals surface area contributed by atoms with Crippen molar-refractivity contribution in [2.24, 2.45) is 0 Å². The Labute approximate surface area is 82.2 Å². The topological polar surface area (TPSA) is 70.4 Å². The van der Waals surface area contributed by atoms with Crippen LogP contribution in [0.2, 0.25) is 0 Å². The van der Waals surface area contributed by atoms with E-state index in [-0.39, 0.29) is 16.7 Å². The van der Waals surface area contributed by atoms with E-state index in [1.54, 1.807) is 0 Å². The van der Waals surface area contributed by atoms with Gasteiger partial charge in [0.2, 0.25) is 0 Å². The summed E-state index contributed by atoms with van der Waals surface area (Å²) in [5, 5.41) is 18.0. The number of nitrogens with zero attached hydrogens (tertiary/aromatic N) is 1. The van der Waals surface area contributed by atoms with Gasteiger partial charge < -0.3 is 10.2 Å². The summed E-state index contributed by atoms with van der Waals surface area (Å²) in [4.78, 5) is 14.7. The van der Waals surface area contributed by atoms with Gasteiger partial charge in [-0.05, 0) is 6.07 Å². The first-order valence-corrected chi connectivity index (χ1v) is 4.25. The van der Waals surface area contributed by atoms with Crippen LogP contribution in [0.4, 0.5) is 0 Å². The zero-order valence-corrected chi connectivity index (χ0v) is 8.40. The number of carboxylic acid groups (broad SMARTS) is 1. The van der Waals surface area contributed by atoms with Crippen molar-refractivity contribution >= 4 is 5.97 Å². The maximum Gasteiger partial charge on any atom is 0.339 e. The van der Waals surface area contributed by atoms with Gasteiger partial charge in [-0.25, -0.2) is 4.79 Å². The summed E-state index contributed by atoms with van der Waals surface area (Å²) < 4.78 is 0. The fourth-order valence-electron chi connectivity index (χ4n) is 1.03. The molecule has 0 atom stereocenters. The summed E-state index contributed by atoms with van der Waals surface area (Å²) in [6.45, 7) is 5.79. The van der Waals surface area contributed by atoms with Gasteiger partial charge in [-0.3, -0.25) is 4.98 Å². The summed E-state index contributed by atoms with van der Waals surface area (Å²) in [6.07, 6.45) is 1.17. The molecule has 0 amide bonds. The molecule has 0 aromatic carbocycles. The Bertz CT molecular complexity index is 366. The fourth-order valence-corrected chi connectivity index (χ4v) is 1.03. The van der Waals surface area contributed by atoms with Gasteiger partial charge in [0.15, 0.2) is 0 Å². The number of aromatic carboxylic acids is 1. The molecule has 1 heterocycles. The van der Waals surface area contributed by atoms with E-state index in [1.165, 1.54) is 12.3 Å². The van der Waals surface area contributed by atoms with Gasteiger partial charge in [0, 0.05) is 11.1 Å². The molecule has 0 aliphatic carbocycles. The van der Waals surface area contributed by atoms with Crippen LogP contribution in [0.25, 0.3) is 0 Å². The lowest BCUT2D eigenvalue weighted by molar-refractivity contribution is 0.0693. The lowest BCUT2D eigenvalue weighted by Gasteiger charge is -2.17. The van der Waals surface area contributed by atoms with Crippen LogP contribution in [-0.4, -0.2) is 21.2 Å². The summed E-state index contributed by atoms with van der Waals surface area (Å²) >= 11 is 0. The summed E-state index contributed by atoms with van der Waals surface area (Å²) in [5.74, 6) is -1.44. The average Bonchev–Trinajstić information content (AvgIpc) is 2.02. The maximum atomic E-state index is 10.7. The Kier molecular flexibility index (Phi) is 2.47. The van der Waals surface area contributed by atoms with E-state index >= 15 is 0 Å². The Balaban J connectivity index is 3.27. The van der Waals surface area contributed by atoms with Gasteiger partial charge in [-0.15, -0.1) is 0 Å². The zero-order valence-electron chi connectivity index (χ0n) is 8.40. The van der Waals surface area contributed by atoms with Crippen molar-refractivity contribution in [1.82, 2.24) is 4.98 Å². The SMILES string of the molecule is CC(C)(C)c1cc(C(=O)O)c(O)cn1. The van der Waals surface area contributed by atoms with Crippen molar-refractivity contribution in [2.75, 3.05) is 0 Å². The largest absolute Gasteiger partial charge is 0.505 e. The first-order chi connectivity index (χ1) is 6.32. The van der Waals surface area contributed by atoms with Crippen LogP contribution in [0.5, 0.6) is 5.75 Å². The van der Waals surface area contributed by atoms with Crippen LogP contribution in [0.1, 0.15) is 36.8 Å². The Morgan fingerprint density at radius 3 is 2.43 bits per heavy atom. The van der Waals surface area contributed by atoms with Crippen molar-refractivity contribution in [3.63, 3.8) is 0 Å².